The van der Waals surface area contributed by atoms with Crippen LogP contribution in [0, 0.1) is 5.41 Å². The molecule has 19 heavy (non-hydrogen) atoms. The van der Waals surface area contributed by atoms with E-state index in [0.717, 1.165) is 6.07 Å². The molecule has 0 atom stereocenters. The maximum absolute atomic E-state index is 13.1. The highest BCUT2D eigenvalue weighted by atomic mass is 19.4. The molecule has 0 aromatic heterocycles. The molecule has 0 N–H and O–H groups in total. The topological polar surface area (TPSA) is 0 Å². The lowest BCUT2D eigenvalue weighted by atomic mass is 9.78. The Labute approximate surface area is 116 Å². The number of alkyl halides is 3. The molecule has 0 unspecified atom stereocenters. The fourth-order valence-electron chi connectivity index (χ4n) is 1.94. The van der Waals surface area contributed by atoms with Crippen LogP contribution in [-0.2, 0) is 18.0 Å². The van der Waals surface area contributed by atoms with Crippen molar-refractivity contribution >= 4 is 0 Å². The molecule has 0 spiro atoms. The van der Waals surface area contributed by atoms with E-state index in [4.69, 9.17) is 2.74 Å². The van der Waals surface area contributed by atoms with Gasteiger partial charge in [-0.05, 0) is 40.5 Å². The highest BCUT2D eigenvalue weighted by Crippen LogP contribution is 2.36. The fraction of sp³-hybridized carbons (Fsp3) is 0.625. The summed E-state index contributed by atoms with van der Waals surface area (Å²) in [6.07, 6.45) is -4.13. The van der Waals surface area contributed by atoms with Crippen LogP contribution >= 0.6 is 0 Å². The van der Waals surface area contributed by atoms with Crippen molar-refractivity contribution in [3.63, 3.8) is 0 Å². The lowest BCUT2D eigenvalue weighted by Gasteiger charge is -2.28. The molecular formula is C16H23F3. The lowest BCUT2D eigenvalue weighted by Crippen LogP contribution is -2.20. The molecule has 0 bridgehead atoms. The van der Waals surface area contributed by atoms with E-state index in [-0.39, 0.29) is 11.5 Å². The van der Waals surface area contributed by atoms with Gasteiger partial charge in [-0.15, -0.1) is 0 Å². The minimum absolute atomic E-state index is 0.127. The van der Waals surface area contributed by atoms with Gasteiger partial charge in [0.05, 0.1) is 8.30 Å². The molecular weight excluding hydrogens is 249 g/mol. The Balaban J connectivity index is 3.71. The first kappa shape index (κ1) is 13.0. The van der Waals surface area contributed by atoms with E-state index < -0.39 is 23.2 Å². The third-order valence-corrected chi connectivity index (χ3v) is 2.71. The lowest BCUT2D eigenvalue weighted by molar-refractivity contribution is -0.137. The molecule has 0 amide bonds. The van der Waals surface area contributed by atoms with Crippen LogP contribution in [0.25, 0.3) is 0 Å². The van der Waals surface area contributed by atoms with Crippen molar-refractivity contribution in [3.05, 3.63) is 34.8 Å². The van der Waals surface area contributed by atoms with Crippen LogP contribution in [0.2, 0.25) is 0 Å². The zero-order valence-corrected chi connectivity index (χ0v) is 12.4. The van der Waals surface area contributed by atoms with Gasteiger partial charge in [0.1, 0.15) is 0 Å². The second kappa shape index (κ2) is 4.84. The standard InChI is InChI=1S/C16H23F3/c1-14(2,3)10-11-7-8-12(16(17,18)19)9-13(11)15(4,5)6/h7-9H,10H2,1-6H3/i7D,9D. The van der Waals surface area contributed by atoms with Gasteiger partial charge in [0.25, 0.3) is 0 Å². The van der Waals surface area contributed by atoms with Crippen molar-refractivity contribution in [2.45, 2.75) is 59.6 Å². The molecule has 0 saturated heterocycles. The Kier molecular flexibility index (Phi) is 3.32. The Morgan fingerprint density at radius 2 is 1.58 bits per heavy atom. The molecule has 0 aliphatic heterocycles. The fourth-order valence-corrected chi connectivity index (χ4v) is 1.94. The van der Waals surface area contributed by atoms with Gasteiger partial charge < -0.3 is 0 Å². The van der Waals surface area contributed by atoms with E-state index in [2.05, 4.69) is 0 Å². The Bertz CT molecular complexity index is 532. The van der Waals surface area contributed by atoms with E-state index in [0.29, 0.717) is 17.5 Å². The molecule has 1 rings (SSSR count). The van der Waals surface area contributed by atoms with E-state index in [1.54, 1.807) is 20.8 Å². The van der Waals surface area contributed by atoms with Gasteiger partial charge in [0.2, 0.25) is 0 Å². The molecule has 0 heterocycles. The third kappa shape index (κ3) is 4.55. The summed E-state index contributed by atoms with van der Waals surface area (Å²) < 4.78 is 55.2. The second-order valence-corrected chi connectivity index (χ2v) is 7.17. The third-order valence-electron chi connectivity index (χ3n) is 2.71. The summed E-state index contributed by atoms with van der Waals surface area (Å²) in [6.45, 7) is 11.3. The van der Waals surface area contributed by atoms with Gasteiger partial charge in [-0.2, -0.15) is 13.2 Å². The largest absolute Gasteiger partial charge is 0.416 e. The average Bonchev–Trinajstić information content (AvgIpc) is 2.17. The van der Waals surface area contributed by atoms with Crippen molar-refractivity contribution in [2.75, 3.05) is 0 Å². The van der Waals surface area contributed by atoms with Crippen molar-refractivity contribution < 1.29 is 15.9 Å². The predicted molar refractivity (Wildman–Crippen MR) is 73.3 cm³/mol. The molecule has 0 aliphatic carbocycles. The zero-order chi connectivity index (χ0) is 16.8. The van der Waals surface area contributed by atoms with E-state index in [1.807, 2.05) is 20.8 Å². The van der Waals surface area contributed by atoms with Gasteiger partial charge in [0.15, 0.2) is 0 Å². The van der Waals surface area contributed by atoms with E-state index >= 15 is 0 Å². The second-order valence-electron chi connectivity index (χ2n) is 7.17. The summed E-state index contributed by atoms with van der Waals surface area (Å²) in [6, 6.07) is 0.168. The van der Waals surface area contributed by atoms with Gasteiger partial charge in [-0.25, -0.2) is 0 Å². The van der Waals surface area contributed by atoms with Gasteiger partial charge in [-0.3, -0.25) is 0 Å². The molecule has 108 valence electrons. The maximum atomic E-state index is 13.1. The van der Waals surface area contributed by atoms with Gasteiger partial charge in [0, 0.05) is 0 Å². The average molecular weight is 274 g/mol. The first-order valence-electron chi connectivity index (χ1n) is 7.35. The zero-order valence-electron chi connectivity index (χ0n) is 14.4. The van der Waals surface area contributed by atoms with Gasteiger partial charge in [-0.1, -0.05) is 47.6 Å². The first-order valence-corrected chi connectivity index (χ1v) is 6.35. The summed E-state index contributed by atoms with van der Waals surface area (Å²) in [5.41, 5.74) is -0.920. The summed E-state index contributed by atoms with van der Waals surface area (Å²) >= 11 is 0. The first-order chi connectivity index (χ1) is 9.14. The molecule has 0 fully saturated rings. The van der Waals surface area contributed by atoms with Crippen LogP contribution in [0.3, 0.4) is 0 Å². The SMILES string of the molecule is [2H]c1cc(C(F)(F)F)c([2H])c(C(C)(C)C)c1CC(C)(C)C. The molecule has 0 aliphatic rings. The minimum atomic E-state index is -4.60. The number of hydrogen-bond acceptors (Lipinski definition) is 0. The molecule has 1 aromatic carbocycles. The van der Waals surface area contributed by atoms with E-state index in [1.165, 1.54) is 0 Å². The Hall–Kier alpha value is -0.990. The predicted octanol–water partition coefficient (Wildman–Crippen LogP) is 5.59. The van der Waals surface area contributed by atoms with Crippen LogP contribution in [-0.4, -0.2) is 0 Å². The molecule has 3 heteroatoms. The van der Waals surface area contributed by atoms with Crippen LogP contribution in [0.1, 0.15) is 61.0 Å². The smallest absolute Gasteiger partial charge is 0.166 e. The monoisotopic (exact) mass is 274 g/mol. The number of hydrogen-bond donors (Lipinski definition) is 0. The molecule has 0 saturated carbocycles. The molecule has 0 nitrogen and oxygen atoms in total. The highest BCUT2D eigenvalue weighted by Gasteiger charge is 2.32. The number of rotatable bonds is 1. The van der Waals surface area contributed by atoms with Crippen LogP contribution in [0.5, 0.6) is 0 Å². The summed E-state index contributed by atoms with van der Waals surface area (Å²) in [5, 5.41) is 0. The Morgan fingerprint density at radius 3 is 1.95 bits per heavy atom. The van der Waals surface area contributed by atoms with Gasteiger partial charge >= 0.3 is 6.18 Å². The molecule has 1 aromatic rings. The van der Waals surface area contributed by atoms with Crippen LogP contribution < -0.4 is 0 Å². The van der Waals surface area contributed by atoms with Crippen LogP contribution in [0.15, 0.2) is 18.2 Å². The van der Waals surface area contributed by atoms with Crippen molar-refractivity contribution in [3.8, 4) is 0 Å². The Morgan fingerprint density at radius 1 is 1.05 bits per heavy atom. The van der Waals surface area contributed by atoms with Crippen molar-refractivity contribution in [1.82, 2.24) is 0 Å². The van der Waals surface area contributed by atoms with Crippen molar-refractivity contribution in [1.29, 1.82) is 0 Å². The minimum Gasteiger partial charge on any atom is -0.166 e. The van der Waals surface area contributed by atoms with E-state index in [9.17, 15) is 13.2 Å². The number of benzene rings is 1. The van der Waals surface area contributed by atoms with Crippen LogP contribution in [0.4, 0.5) is 13.2 Å². The quantitative estimate of drug-likeness (QED) is 0.626. The maximum Gasteiger partial charge on any atom is 0.416 e. The summed E-state index contributed by atoms with van der Waals surface area (Å²) in [5.74, 6) is 0. The molecule has 0 radical (unpaired) electrons. The normalized spacial score (nSPS) is 15.2. The van der Waals surface area contributed by atoms with Crippen molar-refractivity contribution in [2.24, 2.45) is 5.41 Å². The summed E-state index contributed by atoms with van der Waals surface area (Å²) in [7, 11) is 0. The summed E-state index contributed by atoms with van der Waals surface area (Å²) in [4.78, 5) is 0. The highest BCUT2D eigenvalue weighted by molar-refractivity contribution is 5.38. The number of halogens is 3.